The lowest BCUT2D eigenvalue weighted by atomic mass is 9.95. The van der Waals surface area contributed by atoms with Gasteiger partial charge in [-0.25, -0.2) is 4.98 Å². The molecule has 0 aliphatic carbocycles. The standard InChI is InChI=1S/C21H22N4O3/c26-21(16-8-11-25(12-9-16)15-18-10-13-27-24-18)23-17-6-7-20(22-14-17)28-19-4-2-1-3-5-19/h1-7,10,13-14,16H,8-9,11-12,15H2,(H,23,26). The fourth-order valence-electron chi connectivity index (χ4n) is 3.27. The van der Waals surface area contributed by atoms with Crippen LogP contribution in [-0.4, -0.2) is 34.0 Å². The number of aromatic nitrogens is 2. The van der Waals surface area contributed by atoms with E-state index in [0.29, 0.717) is 11.6 Å². The van der Waals surface area contributed by atoms with Gasteiger partial charge in [0.2, 0.25) is 11.8 Å². The number of para-hydroxylation sites is 1. The number of likely N-dealkylation sites (tertiary alicyclic amines) is 1. The molecule has 144 valence electrons. The first-order valence-corrected chi connectivity index (χ1v) is 9.38. The Hall–Kier alpha value is -3.19. The van der Waals surface area contributed by atoms with E-state index in [0.717, 1.165) is 43.9 Å². The van der Waals surface area contributed by atoms with Crippen molar-refractivity contribution < 1.29 is 14.1 Å². The van der Waals surface area contributed by atoms with Gasteiger partial charge in [0.15, 0.2) is 0 Å². The second-order valence-electron chi connectivity index (χ2n) is 6.83. The zero-order valence-corrected chi connectivity index (χ0v) is 15.5. The minimum absolute atomic E-state index is 0.00815. The van der Waals surface area contributed by atoms with Gasteiger partial charge in [0.05, 0.1) is 17.6 Å². The molecule has 7 heteroatoms. The first-order chi connectivity index (χ1) is 13.8. The van der Waals surface area contributed by atoms with Crippen molar-refractivity contribution in [2.45, 2.75) is 19.4 Å². The van der Waals surface area contributed by atoms with Crippen molar-refractivity contribution in [1.82, 2.24) is 15.0 Å². The number of benzene rings is 1. The van der Waals surface area contributed by atoms with Gasteiger partial charge in [-0.15, -0.1) is 0 Å². The van der Waals surface area contributed by atoms with Crippen molar-refractivity contribution >= 4 is 11.6 Å². The van der Waals surface area contributed by atoms with Gasteiger partial charge in [-0.3, -0.25) is 9.69 Å². The Labute approximate surface area is 163 Å². The number of carbonyl (C=O) groups excluding carboxylic acids is 1. The van der Waals surface area contributed by atoms with Crippen LogP contribution < -0.4 is 10.1 Å². The average molecular weight is 378 g/mol. The SMILES string of the molecule is O=C(Nc1ccc(Oc2ccccc2)nc1)C1CCN(Cc2ccon2)CC1. The third-order valence-corrected chi connectivity index (χ3v) is 4.80. The fourth-order valence-corrected chi connectivity index (χ4v) is 3.27. The molecule has 0 radical (unpaired) electrons. The summed E-state index contributed by atoms with van der Waals surface area (Å²) in [7, 11) is 0. The number of pyridine rings is 1. The van der Waals surface area contributed by atoms with Crippen LogP contribution in [0, 0.1) is 5.92 Å². The quantitative estimate of drug-likeness (QED) is 0.704. The fraction of sp³-hybridized carbons (Fsp3) is 0.286. The van der Waals surface area contributed by atoms with Crippen molar-refractivity contribution in [1.29, 1.82) is 0 Å². The summed E-state index contributed by atoms with van der Waals surface area (Å²) < 4.78 is 10.5. The third-order valence-electron chi connectivity index (χ3n) is 4.80. The summed E-state index contributed by atoms with van der Waals surface area (Å²) in [6, 6.07) is 14.9. The van der Waals surface area contributed by atoms with Gasteiger partial charge in [0.1, 0.15) is 12.0 Å². The largest absolute Gasteiger partial charge is 0.439 e. The summed E-state index contributed by atoms with van der Waals surface area (Å²) in [5.41, 5.74) is 1.60. The highest BCUT2D eigenvalue weighted by Crippen LogP contribution is 2.22. The predicted octanol–water partition coefficient (Wildman–Crippen LogP) is 3.71. The van der Waals surface area contributed by atoms with E-state index >= 15 is 0 Å². The lowest BCUT2D eigenvalue weighted by Gasteiger charge is -2.30. The van der Waals surface area contributed by atoms with Crippen LogP contribution in [0.4, 0.5) is 5.69 Å². The highest BCUT2D eigenvalue weighted by molar-refractivity contribution is 5.92. The Morgan fingerprint density at radius 2 is 1.96 bits per heavy atom. The molecule has 4 rings (SSSR count). The maximum Gasteiger partial charge on any atom is 0.227 e. The number of nitrogens with one attached hydrogen (secondary N) is 1. The van der Waals surface area contributed by atoms with Crippen LogP contribution >= 0.6 is 0 Å². The molecule has 1 fully saturated rings. The van der Waals surface area contributed by atoms with E-state index in [2.05, 4.69) is 20.4 Å². The maximum absolute atomic E-state index is 12.6. The van der Waals surface area contributed by atoms with Gasteiger partial charge in [0, 0.05) is 24.6 Å². The Morgan fingerprint density at radius 1 is 1.14 bits per heavy atom. The number of anilines is 1. The molecule has 7 nitrogen and oxygen atoms in total. The number of rotatable bonds is 6. The molecule has 0 bridgehead atoms. The number of carbonyl (C=O) groups is 1. The number of hydrogen-bond donors (Lipinski definition) is 1. The molecule has 1 aromatic carbocycles. The molecule has 0 atom stereocenters. The van der Waals surface area contributed by atoms with Crippen LogP contribution in [0.25, 0.3) is 0 Å². The highest BCUT2D eigenvalue weighted by atomic mass is 16.5. The van der Waals surface area contributed by atoms with E-state index in [1.807, 2.05) is 42.5 Å². The van der Waals surface area contributed by atoms with Gasteiger partial charge < -0.3 is 14.6 Å². The topological polar surface area (TPSA) is 80.5 Å². The van der Waals surface area contributed by atoms with Crippen LogP contribution in [0.1, 0.15) is 18.5 Å². The molecular weight excluding hydrogens is 356 g/mol. The molecule has 3 heterocycles. The van der Waals surface area contributed by atoms with Crippen molar-refractivity contribution in [2.24, 2.45) is 5.92 Å². The highest BCUT2D eigenvalue weighted by Gasteiger charge is 2.25. The maximum atomic E-state index is 12.6. The number of hydrogen-bond acceptors (Lipinski definition) is 6. The first-order valence-electron chi connectivity index (χ1n) is 9.38. The monoisotopic (exact) mass is 378 g/mol. The minimum atomic E-state index is 0.00815. The molecular formula is C21H22N4O3. The molecule has 1 amide bonds. The number of ether oxygens (including phenoxy) is 1. The summed E-state index contributed by atoms with van der Waals surface area (Å²) in [6.45, 7) is 2.50. The van der Waals surface area contributed by atoms with E-state index in [9.17, 15) is 4.79 Å². The molecule has 1 aliphatic heterocycles. The number of amides is 1. The second kappa shape index (κ2) is 8.67. The van der Waals surface area contributed by atoms with Crippen molar-refractivity contribution in [3.05, 3.63) is 66.7 Å². The lowest BCUT2D eigenvalue weighted by molar-refractivity contribution is -0.121. The van der Waals surface area contributed by atoms with Crippen molar-refractivity contribution in [2.75, 3.05) is 18.4 Å². The van der Waals surface area contributed by atoms with E-state index < -0.39 is 0 Å². The Balaban J connectivity index is 1.26. The summed E-state index contributed by atoms with van der Waals surface area (Å²) in [4.78, 5) is 19.1. The molecule has 2 aromatic heterocycles. The second-order valence-corrected chi connectivity index (χ2v) is 6.83. The zero-order valence-electron chi connectivity index (χ0n) is 15.5. The number of nitrogens with zero attached hydrogens (tertiary/aromatic N) is 3. The Morgan fingerprint density at radius 3 is 2.64 bits per heavy atom. The van der Waals surface area contributed by atoms with Crippen LogP contribution in [-0.2, 0) is 11.3 Å². The lowest BCUT2D eigenvalue weighted by Crippen LogP contribution is -2.37. The summed E-state index contributed by atoms with van der Waals surface area (Å²) in [5.74, 6) is 1.27. The van der Waals surface area contributed by atoms with Gasteiger partial charge in [-0.05, 0) is 44.1 Å². The van der Waals surface area contributed by atoms with Crippen LogP contribution in [0.5, 0.6) is 11.6 Å². The van der Waals surface area contributed by atoms with Gasteiger partial charge in [-0.1, -0.05) is 23.4 Å². The molecule has 0 unspecified atom stereocenters. The average Bonchev–Trinajstić information content (AvgIpc) is 3.24. The molecule has 1 saturated heterocycles. The zero-order chi connectivity index (χ0) is 19.2. The number of piperidine rings is 1. The molecule has 1 aliphatic rings. The Bertz CT molecular complexity index is 874. The molecule has 1 N–H and O–H groups in total. The van der Waals surface area contributed by atoms with Crippen molar-refractivity contribution in [3.63, 3.8) is 0 Å². The smallest absolute Gasteiger partial charge is 0.227 e. The van der Waals surface area contributed by atoms with Gasteiger partial charge >= 0.3 is 0 Å². The van der Waals surface area contributed by atoms with Crippen LogP contribution in [0.15, 0.2) is 65.5 Å². The normalized spacial score (nSPS) is 15.3. The van der Waals surface area contributed by atoms with Gasteiger partial charge in [-0.2, -0.15) is 0 Å². The predicted molar refractivity (Wildman–Crippen MR) is 104 cm³/mol. The Kier molecular flexibility index (Phi) is 5.63. The summed E-state index contributed by atoms with van der Waals surface area (Å²) >= 11 is 0. The third kappa shape index (κ3) is 4.75. The molecule has 3 aromatic rings. The van der Waals surface area contributed by atoms with E-state index in [-0.39, 0.29) is 11.8 Å². The van der Waals surface area contributed by atoms with E-state index in [1.165, 1.54) is 0 Å². The summed E-state index contributed by atoms with van der Waals surface area (Å²) in [6.07, 6.45) is 4.86. The first kappa shape index (κ1) is 18.2. The van der Waals surface area contributed by atoms with Crippen LogP contribution in [0.2, 0.25) is 0 Å². The summed E-state index contributed by atoms with van der Waals surface area (Å²) in [5, 5.41) is 6.90. The molecule has 28 heavy (non-hydrogen) atoms. The minimum Gasteiger partial charge on any atom is -0.439 e. The van der Waals surface area contributed by atoms with Crippen LogP contribution in [0.3, 0.4) is 0 Å². The molecule has 0 saturated carbocycles. The van der Waals surface area contributed by atoms with Crippen molar-refractivity contribution in [3.8, 4) is 11.6 Å². The van der Waals surface area contributed by atoms with E-state index in [1.54, 1.807) is 18.5 Å². The molecule has 0 spiro atoms. The van der Waals surface area contributed by atoms with Gasteiger partial charge in [0.25, 0.3) is 0 Å². The van der Waals surface area contributed by atoms with E-state index in [4.69, 9.17) is 9.26 Å².